The summed E-state index contributed by atoms with van der Waals surface area (Å²) in [7, 11) is 2.79. The Labute approximate surface area is 172 Å². The number of fused-ring (bicyclic) bond motifs is 1. The van der Waals surface area contributed by atoms with Gasteiger partial charge in [-0.05, 0) is 23.4 Å². The van der Waals surface area contributed by atoms with Crippen molar-refractivity contribution in [1.82, 2.24) is 20.2 Å². The van der Waals surface area contributed by atoms with Crippen LogP contribution in [0.2, 0.25) is 0 Å². The van der Waals surface area contributed by atoms with Crippen LogP contribution in [-0.4, -0.2) is 46.2 Å². The Bertz CT molecular complexity index is 1150. The Morgan fingerprint density at radius 2 is 1.80 bits per heavy atom. The lowest BCUT2D eigenvalue weighted by molar-refractivity contribution is -0.136. The fraction of sp³-hybridized carbons (Fsp3) is 0.190. The number of ketones is 1. The van der Waals surface area contributed by atoms with Crippen molar-refractivity contribution in [1.29, 1.82) is 0 Å². The van der Waals surface area contributed by atoms with E-state index in [1.54, 1.807) is 24.3 Å². The van der Waals surface area contributed by atoms with Crippen LogP contribution in [-0.2, 0) is 9.53 Å². The second-order valence-electron chi connectivity index (χ2n) is 6.69. The third-order valence-corrected chi connectivity index (χ3v) is 4.90. The summed E-state index contributed by atoms with van der Waals surface area (Å²) in [6.45, 7) is 1.93. The quantitative estimate of drug-likeness (QED) is 0.509. The Morgan fingerprint density at radius 1 is 1.07 bits per heavy atom. The summed E-state index contributed by atoms with van der Waals surface area (Å²) >= 11 is 0. The average molecular weight is 405 g/mol. The van der Waals surface area contributed by atoms with Crippen LogP contribution in [0.4, 0.5) is 5.95 Å². The van der Waals surface area contributed by atoms with E-state index in [0.717, 1.165) is 5.56 Å². The fourth-order valence-corrected chi connectivity index (χ4v) is 3.43. The van der Waals surface area contributed by atoms with Gasteiger partial charge in [0, 0.05) is 11.1 Å². The van der Waals surface area contributed by atoms with Crippen molar-refractivity contribution in [2.75, 3.05) is 19.5 Å². The maximum atomic E-state index is 13.6. The summed E-state index contributed by atoms with van der Waals surface area (Å²) in [6.07, 6.45) is 0. The monoisotopic (exact) mass is 405 g/mol. The Hall–Kier alpha value is -4.01. The van der Waals surface area contributed by atoms with Crippen molar-refractivity contribution in [3.8, 4) is 5.75 Å². The van der Waals surface area contributed by atoms with Gasteiger partial charge in [0.25, 0.3) is 0 Å². The first-order chi connectivity index (χ1) is 14.5. The molecule has 1 atom stereocenters. The lowest BCUT2D eigenvalue weighted by atomic mass is 9.88. The van der Waals surface area contributed by atoms with Crippen molar-refractivity contribution in [3.63, 3.8) is 0 Å². The molecule has 30 heavy (non-hydrogen) atoms. The molecule has 9 heteroatoms. The Morgan fingerprint density at radius 3 is 2.50 bits per heavy atom. The normalized spacial score (nSPS) is 15.2. The molecule has 0 amide bonds. The topological polar surface area (TPSA) is 108 Å². The number of hydrogen-bond donors (Lipinski definition) is 1. The molecule has 0 aliphatic carbocycles. The second-order valence-corrected chi connectivity index (χ2v) is 6.69. The molecule has 1 aromatic heterocycles. The lowest BCUT2D eigenvalue weighted by Gasteiger charge is -2.29. The Balaban J connectivity index is 1.98. The van der Waals surface area contributed by atoms with E-state index in [9.17, 15) is 9.59 Å². The van der Waals surface area contributed by atoms with Crippen LogP contribution in [0, 0.1) is 6.92 Å². The molecule has 4 rings (SSSR count). The molecule has 3 aromatic rings. The zero-order valence-electron chi connectivity index (χ0n) is 16.6. The number of ether oxygens (including phenoxy) is 2. The number of aromatic nitrogens is 4. The minimum atomic E-state index is -0.796. The zero-order chi connectivity index (χ0) is 21.3. The van der Waals surface area contributed by atoms with E-state index < -0.39 is 12.0 Å². The highest BCUT2D eigenvalue weighted by molar-refractivity contribution is 6.15. The summed E-state index contributed by atoms with van der Waals surface area (Å²) in [5, 5.41) is 14.5. The number of Topliss-reactive ketones (excluding diaryl/α,β-unsaturated/α-hetero) is 1. The van der Waals surface area contributed by atoms with Gasteiger partial charge in [0.15, 0.2) is 5.78 Å². The van der Waals surface area contributed by atoms with E-state index in [1.807, 2.05) is 31.2 Å². The number of allylic oxidation sites excluding steroid dienone is 1. The number of benzene rings is 2. The molecule has 0 bridgehead atoms. The largest absolute Gasteiger partial charge is 0.496 e. The minimum absolute atomic E-state index is 0.0127. The first kappa shape index (κ1) is 19.3. The van der Waals surface area contributed by atoms with Gasteiger partial charge in [-0.2, -0.15) is 4.68 Å². The number of rotatable bonds is 5. The minimum Gasteiger partial charge on any atom is -0.496 e. The van der Waals surface area contributed by atoms with Gasteiger partial charge in [-0.3, -0.25) is 4.79 Å². The summed E-state index contributed by atoms with van der Waals surface area (Å²) in [5.74, 6) is -0.296. The van der Waals surface area contributed by atoms with Gasteiger partial charge in [-0.1, -0.05) is 53.1 Å². The molecule has 0 fully saturated rings. The van der Waals surface area contributed by atoms with Crippen molar-refractivity contribution >= 4 is 17.7 Å². The van der Waals surface area contributed by atoms with Crippen LogP contribution in [0.5, 0.6) is 5.75 Å². The van der Waals surface area contributed by atoms with Gasteiger partial charge in [-0.15, -0.1) is 0 Å². The molecule has 9 nitrogen and oxygen atoms in total. The van der Waals surface area contributed by atoms with E-state index in [0.29, 0.717) is 16.9 Å². The standard InChI is InChI=1S/C21H19N5O4/c1-12-8-10-13(11-9-12)19(27)16-17(20(28)30-3)22-21-23-24-25-26(21)18(16)14-6-4-5-7-15(14)29-2/h4-11,18H,1-3H3,(H,22,23,25). The van der Waals surface area contributed by atoms with E-state index in [2.05, 4.69) is 20.8 Å². The zero-order valence-corrected chi connectivity index (χ0v) is 16.6. The highest BCUT2D eigenvalue weighted by Crippen LogP contribution is 2.40. The van der Waals surface area contributed by atoms with Crippen LogP contribution in [0.25, 0.3) is 0 Å². The molecule has 0 saturated heterocycles. The predicted octanol–water partition coefficient (Wildman–Crippen LogP) is 2.32. The molecule has 1 aliphatic rings. The first-order valence-electron chi connectivity index (χ1n) is 9.16. The third kappa shape index (κ3) is 3.20. The molecule has 1 aliphatic heterocycles. The molecule has 152 valence electrons. The number of esters is 1. The number of tetrazole rings is 1. The van der Waals surface area contributed by atoms with Gasteiger partial charge < -0.3 is 14.8 Å². The maximum Gasteiger partial charge on any atom is 0.355 e. The van der Waals surface area contributed by atoms with E-state index >= 15 is 0 Å². The van der Waals surface area contributed by atoms with Crippen LogP contribution in [0.1, 0.15) is 27.5 Å². The number of methoxy groups -OCH3 is 2. The van der Waals surface area contributed by atoms with E-state index in [4.69, 9.17) is 9.47 Å². The lowest BCUT2D eigenvalue weighted by Crippen LogP contribution is -2.33. The van der Waals surface area contributed by atoms with Crippen molar-refractivity contribution in [3.05, 3.63) is 76.5 Å². The highest BCUT2D eigenvalue weighted by Gasteiger charge is 2.39. The molecule has 0 radical (unpaired) electrons. The maximum absolute atomic E-state index is 13.6. The van der Waals surface area contributed by atoms with Gasteiger partial charge >= 0.3 is 5.97 Å². The van der Waals surface area contributed by atoms with E-state index in [1.165, 1.54) is 18.9 Å². The van der Waals surface area contributed by atoms with Crippen molar-refractivity contribution < 1.29 is 19.1 Å². The number of nitrogens with zero attached hydrogens (tertiary/aromatic N) is 4. The number of para-hydroxylation sites is 1. The Kier molecular flexibility index (Phi) is 5.01. The number of nitrogens with one attached hydrogen (secondary N) is 1. The number of hydrogen-bond acceptors (Lipinski definition) is 8. The van der Waals surface area contributed by atoms with Crippen LogP contribution in [0.3, 0.4) is 0 Å². The molecule has 2 aromatic carbocycles. The van der Waals surface area contributed by atoms with Gasteiger partial charge in [0.1, 0.15) is 17.5 Å². The van der Waals surface area contributed by atoms with E-state index in [-0.39, 0.29) is 23.0 Å². The fourth-order valence-electron chi connectivity index (χ4n) is 3.43. The van der Waals surface area contributed by atoms with Crippen LogP contribution in [0.15, 0.2) is 59.8 Å². The summed E-state index contributed by atoms with van der Waals surface area (Å²) in [5.41, 5.74) is 2.22. The molecular weight excluding hydrogens is 386 g/mol. The molecule has 1 N–H and O–H groups in total. The van der Waals surface area contributed by atoms with Crippen molar-refractivity contribution in [2.24, 2.45) is 0 Å². The van der Waals surface area contributed by atoms with Gasteiger partial charge in [0.05, 0.1) is 19.8 Å². The van der Waals surface area contributed by atoms with Crippen molar-refractivity contribution in [2.45, 2.75) is 13.0 Å². The molecule has 2 heterocycles. The number of anilines is 1. The summed E-state index contributed by atoms with van der Waals surface area (Å²) in [6, 6.07) is 13.5. The average Bonchev–Trinajstić information content (AvgIpc) is 3.25. The smallest absolute Gasteiger partial charge is 0.355 e. The molecule has 1 unspecified atom stereocenters. The second kappa shape index (κ2) is 7.78. The SMILES string of the molecule is COC(=O)C1=C(C(=O)c2ccc(C)cc2)C(c2ccccc2OC)n2nnnc2N1. The number of carbonyl (C=O) groups is 2. The highest BCUT2D eigenvalue weighted by atomic mass is 16.5. The number of carbonyl (C=O) groups excluding carboxylic acids is 2. The van der Waals surface area contributed by atoms with Gasteiger partial charge in [-0.25, -0.2) is 4.79 Å². The van der Waals surface area contributed by atoms with Gasteiger partial charge in [0.2, 0.25) is 5.95 Å². The third-order valence-electron chi connectivity index (χ3n) is 4.90. The predicted molar refractivity (Wildman–Crippen MR) is 107 cm³/mol. The summed E-state index contributed by atoms with van der Waals surface area (Å²) < 4.78 is 11.9. The first-order valence-corrected chi connectivity index (χ1v) is 9.16. The summed E-state index contributed by atoms with van der Waals surface area (Å²) in [4.78, 5) is 26.3. The molecule has 0 saturated carbocycles. The molecule has 0 spiro atoms. The number of aryl methyl sites for hydroxylation is 1. The van der Waals surface area contributed by atoms with Crippen LogP contribution < -0.4 is 10.1 Å². The van der Waals surface area contributed by atoms with Crippen LogP contribution >= 0.6 is 0 Å². The molecular formula is C21H19N5O4.